The first kappa shape index (κ1) is 26.1. The molecule has 0 aliphatic heterocycles. The number of hydrogen-bond donors (Lipinski definition) is 0. The van der Waals surface area contributed by atoms with Crippen molar-refractivity contribution >= 4 is 0 Å². The van der Waals surface area contributed by atoms with Crippen LogP contribution in [0.15, 0.2) is 97.6 Å². The summed E-state index contributed by atoms with van der Waals surface area (Å²) in [5.41, 5.74) is 3.66. The Labute approximate surface area is 185 Å². The molecular weight excluding hydrogens is 400 g/mol. The molecule has 29 heavy (non-hydrogen) atoms. The van der Waals surface area contributed by atoms with Gasteiger partial charge in [-0.15, -0.1) is 0 Å². The zero-order valence-corrected chi connectivity index (χ0v) is 17.9. The van der Waals surface area contributed by atoms with Crippen molar-refractivity contribution in [2.75, 3.05) is 0 Å². The molecule has 0 bridgehead atoms. The monoisotopic (exact) mass is 426 g/mol. The molecule has 4 aromatic heterocycles. The van der Waals surface area contributed by atoms with Crippen LogP contribution in [0, 0.1) is 13.8 Å². The van der Waals surface area contributed by atoms with Crippen LogP contribution in [-0.2, 0) is 17.1 Å². The van der Waals surface area contributed by atoms with Gasteiger partial charge in [-0.1, -0.05) is 24.3 Å². The molecule has 0 aliphatic rings. The van der Waals surface area contributed by atoms with Gasteiger partial charge in [-0.3, -0.25) is 19.9 Å². The molecule has 4 heterocycles. The Morgan fingerprint density at radius 3 is 0.759 bits per heavy atom. The zero-order valence-electron chi connectivity index (χ0n) is 16.8. The van der Waals surface area contributed by atoms with Gasteiger partial charge in [-0.05, 0) is 48.5 Å². The Bertz CT molecular complexity index is 693. The summed E-state index contributed by atoms with van der Waals surface area (Å²) >= 11 is 0. The molecule has 150 valence electrons. The third-order valence-electron chi connectivity index (χ3n) is 3.18. The first-order valence-electron chi connectivity index (χ1n) is 9.00. The molecule has 4 rings (SSSR count). The first-order chi connectivity index (χ1) is 13.9. The Hall–Kier alpha value is -2.88. The molecule has 0 radical (unpaired) electrons. The third kappa shape index (κ3) is 9.74. The fourth-order valence-corrected chi connectivity index (χ4v) is 2.06. The molecule has 4 nitrogen and oxygen atoms in total. The van der Waals surface area contributed by atoms with E-state index in [0.29, 0.717) is 0 Å². The SMILES string of the molecule is [CH2-]C.[CH2-]C.[Fe+2].c1ccc(-c2ccccn2)nc1.c1ccc(-c2ccccn2)nc1. The van der Waals surface area contributed by atoms with E-state index >= 15 is 0 Å². The van der Waals surface area contributed by atoms with Crippen molar-refractivity contribution in [3.05, 3.63) is 111 Å². The van der Waals surface area contributed by atoms with Crippen molar-refractivity contribution in [1.82, 2.24) is 19.9 Å². The van der Waals surface area contributed by atoms with Crippen molar-refractivity contribution in [3.8, 4) is 22.8 Å². The normalized spacial score (nSPS) is 8.41. The molecule has 0 unspecified atom stereocenters. The van der Waals surface area contributed by atoms with Crippen molar-refractivity contribution in [1.29, 1.82) is 0 Å². The third-order valence-corrected chi connectivity index (χ3v) is 3.18. The van der Waals surface area contributed by atoms with Gasteiger partial charge < -0.3 is 13.8 Å². The molecule has 0 saturated heterocycles. The molecule has 0 fully saturated rings. The molecule has 0 saturated carbocycles. The molecule has 0 aromatic carbocycles. The smallest absolute Gasteiger partial charge is 0.346 e. The van der Waals surface area contributed by atoms with Crippen LogP contribution in [-0.4, -0.2) is 19.9 Å². The second-order valence-corrected chi connectivity index (χ2v) is 4.86. The maximum Gasteiger partial charge on any atom is 2.00 e. The summed E-state index contributed by atoms with van der Waals surface area (Å²) in [6, 6.07) is 23.2. The minimum absolute atomic E-state index is 0. The predicted octanol–water partition coefficient (Wildman–Crippen LogP) is 5.97. The summed E-state index contributed by atoms with van der Waals surface area (Å²) in [6.45, 7) is 10.0. The molecule has 0 spiro atoms. The van der Waals surface area contributed by atoms with Crippen molar-refractivity contribution in [3.63, 3.8) is 0 Å². The van der Waals surface area contributed by atoms with Crippen LogP contribution in [0.2, 0.25) is 0 Å². The van der Waals surface area contributed by atoms with E-state index in [-0.39, 0.29) is 17.1 Å². The second kappa shape index (κ2) is 17.2. The van der Waals surface area contributed by atoms with Gasteiger partial charge in [-0.2, -0.15) is 13.8 Å². The number of pyridine rings is 4. The number of hydrogen-bond acceptors (Lipinski definition) is 4. The quantitative estimate of drug-likeness (QED) is 0.293. The average molecular weight is 426 g/mol. The van der Waals surface area contributed by atoms with Crippen LogP contribution >= 0.6 is 0 Å². The van der Waals surface area contributed by atoms with Gasteiger partial charge in [0.1, 0.15) is 0 Å². The van der Waals surface area contributed by atoms with Crippen LogP contribution < -0.4 is 0 Å². The molecule has 5 heteroatoms. The standard InChI is InChI=1S/2C10H8N2.2C2H5.Fe/c2*1-3-7-11-9(5-1)10-6-2-4-8-12-10;2*1-2;/h2*1-8H;2*1H2,2H3;/q;;2*-1;+2. The van der Waals surface area contributed by atoms with Gasteiger partial charge in [0.2, 0.25) is 0 Å². The Morgan fingerprint density at radius 2 is 0.621 bits per heavy atom. The summed E-state index contributed by atoms with van der Waals surface area (Å²) in [7, 11) is 0. The molecule has 4 aromatic rings. The van der Waals surface area contributed by atoms with Crippen LogP contribution in [0.25, 0.3) is 22.8 Å². The molecule has 0 atom stereocenters. The van der Waals surface area contributed by atoms with E-state index in [1.165, 1.54) is 0 Å². The Kier molecular flexibility index (Phi) is 15.5. The molecule has 0 aliphatic carbocycles. The average Bonchev–Trinajstić information content (AvgIpc) is 2.84. The number of nitrogens with zero attached hydrogens (tertiary/aromatic N) is 4. The van der Waals surface area contributed by atoms with Crippen molar-refractivity contribution in [2.24, 2.45) is 0 Å². The van der Waals surface area contributed by atoms with Crippen molar-refractivity contribution in [2.45, 2.75) is 13.8 Å². The predicted molar refractivity (Wildman–Crippen MR) is 117 cm³/mol. The second-order valence-electron chi connectivity index (χ2n) is 4.86. The van der Waals surface area contributed by atoms with E-state index in [9.17, 15) is 0 Å². The van der Waals surface area contributed by atoms with Crippen molar-refractivity contribution < 1.29 is 17.1 Å². The van der Waals surface area contributed by atoms with Gasteiger partial charge in [-0.25, -0.2) is 0 Å². The summed E-state index contributed by atoms with van der Waals surface area (Å²) < 4.78 is 0. The van der Waals surface area contributed by atoms with Crippen LogP contribution in [0.3, 0.4) is 0 Å². The number of rotatable bonds is 2. The fraction of sp³-hybridized carbons (Fsp3) is 0.0833. The summed E-state index contributed by atoms with van der Waals surface area (Å²) in [6.07, 6.45) is 7.07. The summed E-state index contributed by atoms with van der Waals surface area (Å²) in [5.74, 6) is 0. The van der Waals surface area contributed by atoms with Crippen LogP contribution in [0.1, 0.15) is 13.8 Å². The minimum atomic E-state index is 0. The molecular formula is C24H26FeN4. The largest absolute Gasteiger partial charge is 2.00 e. The molecule has 0 amide bonds. The van der Waals surface area contributed by atoms with E-state index in [0.717, 1.165) is 22.8 Å². The Balaban J connectivity index is 0.000000449. The van der Waals surface area contributed by atoms with E-state index < -0.39 is 0 Å². The van der Waals surface area contributed by atoms with E-state index in [4.69, 9.17) is 0 Å². The van der Waals surface area contributed by atoms with E-state index in [1.807, 2.05) is 72.8 Å². The summed E-state index contributed by atoms with van der Waals surface area (Å²) in [4.78, 5) is 16.7. The van der Waals surface area contributed by atoms with E-state index in [2.05, 4.69) is 33.8 Å². The number of aromatic nitrogens is 4. The minimum Gasteiger partial charge on any atom is -0.346 e. The van der Waals surface area contributed by atoms with Crippen LogP contribution in [0.5, 0.6) is 0 Å². The fourth-order valence-electron chi connectivity index (χ4n) is 2.06. The van der Waals surface area contributed by atoms with Gasteiger partial charge in [0.05, 0.1) is 22.8 Å². The maximum absolute atomic E-state index is 4.19. The summed E-state index contributed by atoms with van der Waals surface area (Å²) in [5, 5.41) is 0. The topological polar surface area (TPSA) is 51.6 Å². The maximum atomic E-state index is 4.19. The van der Waals surface area contributed by atoms with Gasteiger partial charge >= 0.3 is 17.1 Å². The first-order valence-corrected chi connectivity index (χ1v) is 9.00. The Morgan fingerprint density at radius 1 is 0.414 bits per heavy atom. The van der Waals surface area contributed by atoms with Gasteiger partial charge in [0, 0.05) is 24.8 Å². The van der Waals surface area contributed by atoms with Crippen LogP contribution in [0.4, 0.5) is 0 Å². The van der Waals surface area contributed by atoms with E-state index in [1.54, 1.807) is 38.6 Å². The van der Waals surface area contributed by atoms with Gasteiger partial charge in [0.25, 0.3) is 0 Å². The van der Waals surface area contributed by atoms with Gasteiger partial charge in [0.15, 0.2) is 0 Å². The molecule has 0 N–H and O–H groups in total. The zero-order chi connectivity index (χ0) is 20.5.